The average Bonchev–Trinajstić information content (AvgIpc) is 2.97. The Bertz CT molecular complexity index is 383. The Morgan fingerprint density at radius 3 is 2.40 bits per heavy atom. The van der Waals surface area contributed by atoms with Gasteiger partial charge < -0.3 is 14.8 Å². The van der Waals surface area contributed by atoms with Gasteiger partial charge in [0.15, 0.2) is 0 Å². The van der Waals surface area contributed by atoms with Gasteiger partial charge in [-0.05, 0) is 26.0 Å². The van der Waals surface area contributed by atoms with E-state index >= 15 is 0 Å². The molecule has 0 bridgehead atoms. The molecule has 1 heterocycles. The molecule has 3 nitrogen and oxygen atoms in total. The Labute approximate surface area is 90.4 Å². The van der Waals surface area contributed by atoms with Gasteiger partial charge in [0, 0.05) is 17.7 Å². The van der Waals surface area contributed by atoms with E-state index < -0.39 is 0 Å². The van der Waals surface area contributed by atoms with Gasteiger partial charge in [-0.15, -0.1) is 0 Å². The van der Waals surface area contributed by atoms with Crippen molar-refractivity contribution in [1.82, 2.24) is 5.32 Å². The predicted molar refractivity (Wildman–Crippen MR) is 59.6 cm³/mol. The van der Waals surface area contributed by atoms with Crippen molar-refractivity contribution in [3.8, 4) is 11.5 Å². The highest BCUT2D eigenvalue weighted by atomic mass is 16.5. The van der Waals surface area contributed by atoms with Crippen LogP contribution in [0, 0.1) is 6.92 Å². The van der Waals surface area contributed by atoms with Crippen LogP contribution in [0.2, 0.25) is 0 Å². The van der Waals surface area contributed by atoms with Crippen molar-refractivity contribution in [2.45, 2.75) is 19.4 Å². The highest BCUT2D eigenvalue weighted by Gasteiger charge is 2.41. The fourth-order valence-electron chi connectivity index (χ4n) is 1.92. The molecule has 0 saturated carbocycles. The Hall–Kier alpha value is -1.22. The van der Waals surface area contributed by atoms with Crippen molar-refractivity contribution < 1.29 is 9.47 Å². The summed E-state index contributed by atoms with van der Waals surface area (Å²) in [5.74, 6) is 1.81. The fourth-order valence-corrected chi connectivity index (χ4v) is 1.92. The molecule has 82 valence electrons. The maximum absolute atomic E-state index is 5.47. The van der Waals surface area contributed by atoms with E-state index in [0.29, 0.717) is 0 Å². The van der Waals surface area contributed by atoms with Gasteiger partial charge in [-0.1, -0.05) is 0 Å². The zero-order valence-electron chi connectivity index (χ0n) is 9.68. The molecule has 0 radical (unpaired) electrons. The Morgan fingerprint density at radius 1 is 1.27 bits per heavy atom. The lowest BCUT2D eigenvalue weighted by atomic mass is 9.97. The number of nitrogens with one attached hydrogen (secondary N) is 1. The van der Waals surface area contributed by atoms with Gasteiger partial charge in [-0.2, -0.15) is 0 Å². The molecule has 0 amide bonds. The van der Waals surface area contributed by atoms with Crippen LogP contribution in [0.15, 0.2) is 12.1 Å². The molecule has 1 fully saturated rings. The summed E-state index contributed by atoms with van der Waals surface area (Å²) < 4.78 is 10.7. The van der Waals surface area contributed by atoms with Crippen LogP contribution in [0.4, 0.5) is 0 Å². The van der Waals surface area contributed by atoms with E-state index in [1.165, 1.54) is 5.56 Å². The van der Waals surface area contributed by atoms with Gasteiger partial charge in [0.2, 0.25) is 0 Å². The molecule has 0 aromatic heterocycles. The van der Waals surface area contributed by atoms with Crippen molar-refractivity contribution in [1.29, 1.82) is 0 Å². The van der Waals surface area contributed by atoms with Crippen LogP contribution in [0.1, 0.15) is 18.1 Å². The monoisotopic (exact) mass is 207 g/mol. The summed E-state index contributed by atoms with van der Waals surface area (Å²) in [7, 11) is 3.38. The second kappa shape index (κ2) is 3.42. The van der Waals surface area contributed by atoms with Crippen LogP contribution in [-0.2, 0) is 5.54 Å². The predicted octanol–water partition coefficient (Wildman–Crippen LogP) is 1.83. The topological polar surface area (TPSA) is 40.4 Å². The molecule has 1 aromatic rings. The molecule has 1 saturated heterocycles. The molecule has 1 unspecified atom stereocenters. The molecule has 2 rings (SSSR count). The van der Waals surface area contributed by atoms with Crippen LogP contribution < -0.4 is 14.8 Å². The first-order chi connectivity index (χ1) is 7.12. The Balaban J connectivity index is 2.52. The minimum atomic E-state index is 0.0857. The van der Waals surface area contributed by atoms with Crippen molar-refractivity contribution in [3.05, 3.63) is 23.3 Å². The number of hydrogen-bond acceptors (Lipinski definition) is 3. The quantitative estimate of drug-likeness (QED) is 0.769. The number of rotatable bonds is 3. The van der Waals surface area contributed by atoms with Crippen molar-refractivity contribution in [2.75, 3.05) is 20.8 Å². The van der Waals surface area contributed by atoms with Gasteiger partial charge in [0.25, 0.3) is 0 Å². The number of methoxy groups -OCH3 is 2. The molecule has 0 spiro atoms. The molecule has 15 heavy (non-hydrogen) atoms. The summed E-state index contributed by atoms with van der Waals surface area (Å²) in [5.41, 5.74) is 2.36. The molecule has 1 aromatic carbocycles. The van der Waals surface area contributed by atoms with Crippen LogP contribution in [0.5, 0.6) is 11.5 Å². The molecule has 1 atom stereocenters. The Kier molecular flexibility index (Phi) is 2.35. The SMILES string of the molecule is COc1ccc(C2(C)CN2)c(OC)c1C. The lowest BCUT2D eigenvalue weighted by molar-refractivity contribution is 0.382. The lowest BCUT2D eigenvalue weighted by Gasteiger charge is -2.17. The first-order valence-corrected chi connectivity index (χ1v) is 5.09. The highest BCUT2D eigenvalue weighted by molar-refractivity contribution is 5.53. The van der Waals surface area contributed by atoms with E-state index in [4.69, 9.17) is 9.47 Å². The third-order valence-electron chi connectivity index (χ3n) is 3.08. The fraction of sp³-hybridized carbons (Fsp3) is 0.500. The second-order valence-electron chi connectivity index (χ2n) is 4.16. The van der Waals surface area contributed by atoms with Crippen LogP contribution in [0.3, 0.4) is 0 Å². The first kappa shape index (κ1) is 10.3. The van der Waals surface area contributed by atoms with Crippen molar-refractivity contribution in [3.63, 3.8) is 0 Å². The third-order valence-corrected chi connectivity index (χ3v) is 3.08. The zero-order chi connectivity index (χ0) is 11.1. The van der Waals surface area contributed by atoms with Crippen molar-refractivity contribution in [2.24, 2.45) is 0 Å². The number of benzene rings is 1. The molecule has 1 aliphatic heterocycles. The molecule has 1 aliphatic rings. The van der Waals surface area contributed by atoms with Gasteiger partial charge in [0.1, 0.15) is 11.5 Å². The number of hydrogen-bond donors (Lipinski definition) is 1. The Morgan fingerprint density at radius 2 is 1.93 bits per heavy atom. The summed E-state index contributed by atoms with van der Waals surface area (Å²) in [4.78, 5) is 0. The maximum Gasteiger partial charge on any atom is 0.130 e. The average molecular weight is 207 g/mol. The van der Waals surface area contributed by atoms with E-state index in [0.717, 1.165) is 23.6 Å². The summed E-state index contributed by atoms with van der Waals surface area (Å²) in [6.45, 7) is 5.21. The smallest absolute Gasteiger partial charge is 0.130 e. The molecular formula is C12H17NO2. The van der Waals surface area contributed by atoms with Gasteiger partial charge in [-0.3, -0.25) is 0 Å². The van der Waals surface area contributed by atoms with Gasteiger partial charge in [-0.25, -0.2) is 0 Å². The highest BCUT2D eigenvalue weighted by Crippen LogP contribution is 2.41. The van der Waals surface area contributed by atoms with E-state index in [2.05, 4.69) is 18.3 Å². The van der Waals surface area contributed by atoms with Crippen molar-refractivity contribution >= 4 is 0 Å². The molecule has 3 heteroatoms. The van der Waals surface area contributed by atoms with E-state index in [-0.39, 0.29) is 5.54 Å². The minimum Gasteiger partial charge on any atom is -0.496 e. The maximum atomic E-state index is 5.47. The summed E-state index contributed by atoms with van der Waals surface area (Å²) >= 11 is 0. The largest absolute Gasteiger partial charge is 0.496 e. The lowest BCUT2D eigenvalue weighted by Crippen LogP contribution is -2.10. The molecule has 0 aliphatic carbocycles. The normalized spacial score (nSPS) is 23.7. The van der Waals surface area contributed by atoms with E-state index in [1.807, 2.05) is 13.0 Å². The van der Waals surface area contributed by atoms with Crippen LogP contribution in [-0.4, -0.2) is 20.8 Å². The van der Waals surface area contributed by atoms with Crippen LogP contribution in [0.25, 0.3) is 0 Å². The standard InChI is InChI=1S/C12H17NO2/c1-8-10(14-3)6-5-9(11(8)15-4)12(2)7-13-12/h5-6,13H,7H2,1-4H3. The van der Waals surface area contributed by atoms with E-state index in [1.54, 1.807) is 14.2 Å². The van der Waals surface area contributed by atoms with Crippen LogP contribution >= 0.6 is 0 Å². The van der Waals surface area contributed by atoms with Gasteiger partial charge in [0.05, 0.1) is 19.8 Å². The zero-order valence-corrected chi connectivity index (χ0v) is 9.68. The number of ether oxygens (including phenoxy) is 2. The van der Waals surface area contributed by atoms with E-state index in [9.17, 15) is 0 Å². The third kappa shape index (κ3) is 1.57. The summed E-state index contributed by atoms with van der Waals surface area (Å²) in [5, 5.41) is 3.35. The molecular weight excluding hydrogens is 190 g/mol. The molecule has 1 N–H and O–H groups in total. The van der Waals surface area contributed by atoms with Gasteiger partial charge >= 0.3 is 0 Å². The summed E-state index contributed by atoms with van der Waals surface area (Å²) in [6.07, 6.45) is 0. The second-order valence-corrected chi connectivity index (χ2v) is 4.16. The summed E-state index contributed by atoms with van der Waals surface area (Å²) in [6, 6.07) is 4.07. The minimum absolute atomic E-state index is 0.0857. The first-order valence-electron chi connectivity index (χ1n) is 5.09.